The third-order valence-corrected chi connectivity index (χ3v) is 10.3. The van der Waals surface area contributed by atoms with Crippen LogP contribution in [-0.4, -0.2) is 19.6 Å². The summed E-state index contributed by atoms with van der Waals surface area (Å²) in [6, 6.07) is 64.4. The predicted molar refractivity (Wildman–Crippen MR) is 214 cm³/mol. The summed E-state index contributed by atoms with van der Waals surface area (Å²) in [5.41, 5.74) is 15.4. The van der Waals surface area contributed by atoms with Gasteiger partial charge in [-0.05, 0) is 64.2 Å². The number of aromatic nitrogens is 3. The molecule has 1 aliphatic rings. The first kappa shape index (κ1) is 33.5. The van der Waals surface area contributed by atoms with E-state index in [9.17, 15) is 5.11 Å². The van der Waals surface area contributed by atoms with Crippen molar-refractivity contribution in [3.8, 4) is 67.5 Å². The van der Waals surface area contributed by atoms with E-state index >= 15 is 0 Å². The van der Waals surface area contributed by atoms with E-state index in [-0.39, 0.29) is 32.7 Å². The Hall–Kier alpha value is -6.35. The number of hydrogen-bond donors (Lipinski definition) is 1. The van der Waals surface area contributed by atoms with Gasteiger partial charge in [0.25, 0.3) is 0 Å². The van der Waals surface area contributed by atoms with Crippen molar-refractivity contribution in [3.63, 3.8) is 0 Å². The van der Waals surface area contributed by atoms with Gasteiger partial charge in [-0.15, -0.1) is 17.7 Å². The van der Waals surface area contributed by atoms with Crippen LogP contribution in [0.25, 0.3) is 72.7 Å². The fourth-order valence-electron chi connectivity index (χ4n) is 7.98. The van der Waals surface area contributed by atoms with Gasteiger partial charge in [-0.1, -0.05) is 156 Å². The first-order valence-electron chi connectivity index (χ1n) is 17.8. The molecule has 9 aromatic rings. The number of imidazole rings is 1. The number of nitrogens with zero attached hydrogens (tertiary/aromatic N) is 3. The van der Waals surface area contributed by atoms with E-state index in [0.717, 1.165) is 50.2 Å². The Balaban J connectivity index is 0.00000384. The van der Waals surface area contributed by atoms with Crippen molar-refractivity contribution in [2.75, 3.05) is 0 Å². The predicted octanol–water partition coefficient (Wildman–Crippen LogP) is 11.8. The van der Waals surface area contributed by atoms with Gasteiger partial charge in [-0.2, -0.15) is 0 Å². The van der Waals surface area contributed by atoms with E-state index < -0.39 is 0 Å². The van der Waals surface area contributed by atoms with E-state index in [1.54, 1.807) is 6.07 Å². The average molecular weight is 874 g/mol. The third-order valence-electron chi connectivity index (χ3n) is 10.3. The molecule has 260 valence electrons. The van der Waals surface area contributed by atoms with E-state index in [0.29, 0.717) is 11.4 Å². The van der Waals surface area contributed by atoms with Gasteiger partial charge < -0.3 is 5.11 Å². The number of aromatic hydroxyl groups is 1. The molecule has 2 aromatic heterocycles. The van der Waals surface area contributed by atoms with Crippen molar-refractivity contribution < 1.29 is 26.2 Å². The monoisotopic (exact) mass is 873 g/mol. The number of phenols is 1. The van der Waals surface area contributed by atoms with Crippen LogP contribution >= 0.6 is 0 Å². The third kappa shape index (κ3) is 5.58. The largest absolute Gasteiger partial charge is 0.507 e. The molecule has 0 amide bonds. The molecule has 0 fully saturated rings. The molecule has 0 saturated carbocycles. The number of phenolic OH excluding ortho intramolecular Hbond substituents is 1. The molecule has 4 nitrogen and oxygen atoms in total. The zero-order chi connectivity index (χ0) is 35.3. The van der Waals surface area contributed by atoms with Crippen LogP contribution in [-0.2, 0) is 21.1 Å². The number of hydrogen-bond acceptors (Lipinski definition) is 3. The van der Waals surface area contributed by atoms with E-state index in [1.165, 1.54) is 27.8 Å². The fraction of sp³-hybridized carbons (Fsp3) is 0.0204. The maximum atomic E-state index is 11.1. The molecule has 54 heavy (non-hydrogen) atoms. The van der Waals surface area contributed by atoms with Crippen LogP contribution in [0.2, 0.25) is 0 Å². The van der Waals surface area contributed by atoms with Crippen molar-refractivity contribution in [3.05, 3.63) is 205 Å². The first-order chi connectivity index (χ1) is 26.2. The Kier molecular flexibility index (Phi) is 8.61. The Morgan fingerprint density at radius 3 is 2.02 bits per heavy atom. The summed E-state index contributed by atoms with van der Waals surface area (Å²) >= 11 is 0. The quantitative estimate of drug-likeness (QED) is 0.169. The summed E-state index contributed by atoms with van der Waals surface area (Å²) in [6.45, 7) is 0. The molecule has 1 atom stereocenters. The molecule has 0 bridgehead atoms. The maximum absolute atomic E-state index is 11.1. The Labute approximate surface area is 328 Å². The molecule has 0 aliphatic heterocycles. The molecule has 0 spiro atoms. The van der Waals surface area contributed by atoms with Gasteiger partial charge in [0.05, 0.1) is 16.6 Å². The van der Waals surface area contributed by atoms with Gasteiger partial charge in [0, 0.05) is 44.6 Å². The SMILES string of the molecule is Oc1ccccc1-c1nc2c(-c3[c-]c(-c4cc(-c5ccccc5)ccn4)cc4c3C(c3ccccc3)c3ccccc3-4)cccc2n1-c1ccccc1.[Pt]. The minimum Gasteiger partial charge on any atom is -0.507 e. The van der Waals surface area contributed by atoms with Crippen molar-refractivity contribution in [2.45, 2.75) is 5.92 Å². The van der Waals surface area contributed by atoms with Crippen molar-refractivity contribution in [1.29, 1.82) is 0 Å². The summed E-state index contributed by atoms with van der Waals surface area (Å²) in [5, 5.41) is 11.1. The molecule has 2 heterocycles. The molecular weight excluding hydrogens is 842 g/mol. The molecular formula is C49H32N3OPt-. The average Bonchev–Trinajstić information content (AvgIpc) is 3.78. The molecule has 0 radical (unpaired) electrons. The zero-order valence-electron chi connectivity index (χ0n) is 29.0. The van der Waals surface area contributed by atoms with Crippen molar-refractivity contribution >= 4 is 11.0 Å². The van der Waals surface area contributed by atoms with Crippen molar-refractivity contribution in [1.82, 2.24) is 14.5 Å². The summed E-state index contributed by atoms with van der Waals surface area (Å²) in [5.74, 6) is 0.847. The van der Waals surface area contributed by atoms with E-state index in [2.05, 4.69) is 138 Å². The Bertz CT molecular complexity index is 2800. The second-order valence-electron chi connectivity index (χ2n) is 13.4. The van der Waals surface area contributed by atoms with Crippen LogP contribution in [0.3, 0.4) is 0 Å². The molecule has 1 N–H and O–H groups in total. The molecule has 1 aliphatic carbocycles. The minimum atomic E-state index is -0.00424. The number of para-hydroxylation sites is 3. The number of pyridine rings is 1. The number of benzene rings is 7. The van der Waals surface area contributed by atoms with Gasteiger partial charge >= 0.3 is 0 Å². The van der Waals surface area contributed by atoms with Gasteiger partial charge in [-0.25, -0.2) is 4.98 Å². The second-order valence-corrected chi connectivity index (χ2v) is 13.4. The molecule has 10 rings (SSSR count). The van der Waals surface area contributed by atoms with Crippen molar-refractivity contribution in [2.24, 2.45) is 0 Å². The normalized spacial score (nSPS) is 12.9. The van der Waals surface area contributed by atoms with E-state index in [4.69, 9.17) is 9.97 Å². The molecule has 7 aromatic carbocycles. The smallest absolute Gasteiger partial charge is 0.148 e. The number of fused-ring (bicyclic) bond motifs is 4. The zero-order valence-corrected chi connectivity index (χ0v) is 31.3. The summed E-state index contributed by atoms with van der Waals surface area (Å²) in [6.07, 6.45) is 1.89. The van der Waals surface area contributed by atoms with Crippen LogP contribution in [0.15, 0.2) is 182 Å². The molecule has 5 heteroatoms. The van der Waals surface area contributed by atoms with Gasteiger partial charge in [0.2, 0.25) is 0 Å². The van der Waals surface area contributed by atoms with Crippen LogP contribution in [0.4, 0.5) is 0 Å². The molecule has 1 unspecified atom stereocenters. The van der Waals surface area contributed by atoms with E-state index in [1.807, 2.05) is 48.7 Å². The van der Waals surface area contributed by atoms with Gasteiger partial charge in [-0.3, -0.25) is 9.55 Å². The summed E-state index contributed by atoms with van der Waals surface area (Å²) < 4.78 is 2.15. The second kappa shape index (κ2) is 13.9. The summed E-state index contributed by atoms with van der Waals surface area (Å²) in [4.78, 5) is 10.3. The van der Waals surface area contributed by atoms with Crippen LogP contribution in [0.1, 0.15) is 22.6 Å². The summed E-state index contributed by atoms with van der Waals surface area (Å²) in [7, 11) is 0. The first-order valence-corrected chi connectivity index (χ1v) is 17.8. The maximum Gasteiger partial charge on any atom is 0.148 e. The topological polar surface area (TPSA) is 50.9 Å². The van der Waals surface area contributed by atoms with Crippen LogP contribution in [0, 0.1) is 6.07 Å². The Morgan fingerprint density at radius 1 is 0.574 bits per heavy atom. The van der Waals surface area contributed by atoms with Crippen LogP contribution < -0.4 is 0 Å². The number of rotatable bonds is 6. The van der Waals surface area contributed by atoms with Crippen LogP contribution in [0.5, 0.6) is 5.75 Å². The minimum absolute atomic E-state index is 0. The van der Waals surface area contributed by atoms with Gasteiger partial charge in [0.15, 0.2) is 0 Å². The Morgan fingerprint density at radius 2 is 1.24 bits per heavy atom. The molecule has 0 saturated heterocycles. The van der Waals surface area contributed by atoms with Gasteiger partial charge in [0.1, 0.15) is 11.6 Å². The standard InChI is InChI=1S/C49H32N3O.Pt/c53-45-26-13-12-23-40(45)49-51-48-39(24-14-25-44(48)52(49)36-19-8-3-9-20-36)42-30-35(43-31-34(27-28-50-43)32-15-4-1-5-16-32)29-41-37-21-10-11-22-38(37)46(47(41)42)33-17-6-2-7-18-33;/h1-29,31,46,53H;/q-1;. The fourth-order valence-corrected chi connectivity index (χ4v) is 7.98.